The molecule has 0 aliphatic heterocycles. The smallest absolute Gasteiger partial charge is 0.387 e. The van der Waals surface area contributed by atoms with Gasteiger partial charge < -0.3 is 25.0 Å². The Labute approximate surface area is 167 Å². The molecule has 0 bridgehead atoms. The number of rotatable bonds is 8. The van der Waals surface area contributed by atoms with E-state index in [0.29, 0.717) is 28.8 Å². The molecular formula is C19H21F2N3O3S. The van der Waals surface area contributed by atoms with E-state index in [9.17, 15) is 13.6 Å². The average molecular weight is 409 g/mol. The number of likely N-dealkylation sites (N-methyl/N-ethyl adjacent to an activating group) is 1. The predicted molar refractivity (Wildman–Crippen MR) is 108 cm³/mol. The first-order chi connectivity index (χ1) is 13.4. The Bertz CT molecular complexity index is 786. The zero-order valence-corrected chi connectivity index (χ0v) is 16.3. The van der Waals surface area contributed by atoms with Crippen LogP contribution >= 0.6 is 12.2 Å². The maximum Gasteiger partial charge on any atom is 0.387 e. The first kappa shape index (κ1) is 21.4. The lowest BCUT2D eigenvalue weighted by Gasteiger charge is -2.24. The Morgan fingerprint density at radius 2 is 1.57 bits per heavy atom. The lowest BCUT2D eigenvalue weighted by Crippen LogP contribution is -2.40. The molecule has 0 unspecified atom stereocenters. The molecule has 0 fully saturated rings. The third-order valence-electron chi connectivity index (χ3n) is 3.71. The van der Waals surface area contributed by atoms with Gasteiger partial charge in [-0.1, -0.05) is 0 Å². The summed E-state index contributed by atoms with van der Waals surface area (Å²) in [6, 6.07) is 12.9. The summed E-state index contributed by atoms with van der Waals surface area (Å²) >= 11 is 5.34. The molecule has 0 aliphatic carbocycles. The van der Waals surface area contributed by atoms with Gasteiger partial charge in [-0.05, 0) is 67.7 Å². The standard InChI is InChI=1S/C19H21F2N3O3S/c1-3-24(12-17(25)22-13-4-8-15(26-2)9-5-13)19(28)23-14-6-10-16(11-7-14)27-18(20)21/h4-11,18H,3,12H2,1-2H3,(H,22,25)(H,23,28). The van der Waals surface area contributed by atoms with Crippen molar-refractivity contribution in [3.63, 3.8) is 0 Å². The highest BCUT2D eigenvalue weighted by molar-refractivity contribution is 7.80. The van der Waals surface area contributed by atoms with E-state index in [-0.39, 0.29) is 18.2 Å². The van der Waals surface area contributed by atoms with Gasteiger partial charge in [0.25, 0.3) is 0 Å². The van der Waals surface area contributed by atoms with Gasteiger partial charge in [0.15, 0.2) is 5.11 Å². The van der Waals surface area contributed by atoms with Crippen molar-refractivity contribution in [1.29, 1.82) is 0 Å². The van der Waals surface area contributed by atoms with Crippen LogP contribution < -0.4 is 20.1 Å². The second kappa shape index (κ2) is 10.4. The fraction of sp³-hybridized carbons (Fsp3) is 0.263. The number of hydrogen-bond acceptors (Lipinski definition) is 4. The Hall–Kier alpha value is -2.94. The molecule has 0 aliphatic rings. The number of benzene rings is 2. The number of amides is 1. The Morgan fingerprint density at radius 1 is 1.04 bits per heavy atom. The van der Waals surface area contributed by atoms with E-state index < -0.39 is 6.61 Å². The molecule has 0 atom stereocenters. The van der Waals surface area contributed by atoms with Crippen molar-refractivity contribution in [1.82, 2.24) is 4.90 Å². The van der Waals surface area contributed by atoms with Crippen molar-refractivity contribution in [2.45, 2.75) is 13.5 Å². The number of thiocarbonyl (C=S) groups is 1. The normalized spacial score (nSPS) is 10.3. The molecule has 28 heavy (non-hydrogen) atoms. The van der Waals surface area contributed by atoms with Gasteiger partial charge in [-0.3, -0.25) is 4.79 Å². The van der Waals surface area contributed by atoms with Gasteiger partial charge in [-0.15, -0.1) is 0 Å². The van der Waals surface area contributed by atoms with Gasteiger partial charge in [0.05, 0.1) is 13.7 Å². The van der Waals surface area contributed by atoms with E-state index in [1.54, 1.807) is 48.4 Å². The van der Waals surface area contributed by atoms with Crippen molar-refractivity contribution in [3.05, 3.63) is 48.5 Å². The van der Waals surface area contributed by atoms with E-state index in [2.05, 4.69) is 15.4 Å². The highest BCUT2D eigenvalue weighted by Crippen LogP contribution is 2.18. The number of anilines is 2. The van der Waals surface area contributed by atoms with E-state index in [0.717, 1.165) is 0 Å². The van der Waals surface area contributed by atoms with Crippen LogP contribution in [0.1, 0.15) is 6.92 Å². The lowest BCUT2D eigenvalue weighted by molar-refractivity contribution is -0.116. The number of carbonyl (C=O) groups excluding carboxylic acids is 1. The molecule has 0 heterocycles. The molecule has 2 aromatic carbocycles. The number of alkyl halides is 2. The molecule has 2 N–H and O–H groups in total. The second-order valence-electron chi connectivity index (χ2n) is 5.62. The predicted octanol–water partition coefficient (Wildman–Crippen LogP) is 3.95. The van der Waals surface area contributed by atoms with Crippen LogP contribution in [0.3, 0.4) is 0 Å². The molecule has 0 spiro atoms. The SMILES string of the molecule is CCN(CC(=O)Nc1ccc(OC)cc1)C(=S)Nc1ccc(OC(F)F)cc1. The minimum Gasteiger partial charge on any atom is -0.497 e. The van der Waals surface area contributed by atoms with E-state index in [1.807, 2.05) is 6.92 Å². The fourth-order valence-electron chi connectivity index (χ4n) is 2.30. The maximum absolute atomic E-state index is 12.3. The number of methoxy groups -OCH3 is 1. The van der Waals surface area contributed by atoms with Crippen LogP contribution in [0.15, 0.2) is 48.5 Å². The summed E-state index contributed by atoms with van der Waals surface area (Å²) in [5, 5.41) is 6.11. The van der Waals surface area contributed by atoms with Crippen LogP contribution in [-0.4, -0.2) is 42.7 Å². The largest absolute Gasteiger partial charge is 0.497 e. The number of ether oxygens (including phenoxy) is 2. The molecule has 1 amide bonds. The highest BCUT2D eigenvalue weighted by Gasteiger charge is 2.13. The summed E-state index contributed by atoms with van der Waals surface area (Å²) in [6.45, 7) is -0.441. The van der Waals surface area contributed by atoms with Crippen molar-refractivity contribution < 1.29 is 23.0 Å². The Morgan fingerprint density at radius 3 is 2.07 bits per heavy atom. The Kier molecular flexibility index (Phi) is 7.94. The van der Waals surface area contributed by atoms with Gasteiger partial charge in [0.2, 0.25) is 5.91 Å². The maximum atomic E-state index is 12.3. The van der Waals surface area contributed by atoms with Crippen LogP contribution in [0.2, 0.25) is 0 Å². The topological polar surface area (TPSA) is 62.8 Å². The molecular weight excluding hydrogens is 388 g/mol. The van der Waals surface area contributed by atoms with Crippen molar-refractivity contribution in [3.8, 4) is 11.5 Å². The molecule has 0 radical (unpaired) electrons. The van der Waals surface area contributed by atoms with Gasteiger partial charge in [-0.2, -0.15) is 8.78 Å². The first-order valence-corrected chi connectivity index (χ1v) is 8.86. The van der Waals surface area contributed by atoms with E-state index in [1.165, 1.54) is 12.1 Å². The number of nitrogens with zero attached hydrogens (tertiary/aromatic N) is 1. The number of hydrogen-bond donors (Lipinski definition) is 2. The van der Waals surface area contributed by atoms with E-state index in [4.69, 9.17) is 17.0 Å². The fourth-order valence-corrected chi connectivity index (χ4v) is 2.61. The average Bonchev–Trinajstić information content (AvgIpc) is 2.67. The molecule has 0 aromatic heterocycles. The number of carbonyl (C=O) groups is 1. The minimum absolute atomic E-state index is 0.0534. The van der Waals surface area contributed by atoms with Gasteiger partial charge in [-0.25, -0.2) is 0 Å². The molecule has 2 rings (SSSR count). The quantitative estimate of drug-likeness (QED) is 0.644. The molecule has 150 valence electrons. The second-order valence-corrected chi connectivity index (χ2v) is 6.01. The van der Waals surface area contributed by atoms with E-state index >= 15 is 0 Å². The zero-order chi connectivity index (χ0) is 20.5. The molecule has 2 aromatic rings. The summed E-state index contributed by atoms with van der Waals surface area (Å²) in [7, 11) is 1.57. The zero-order valence-electron chi connectivity index (χ0n) is 15.4. The van der Waals surface area contributed by atoms with Crippen LogP contribution in [0.4, 0.5) is 20.2 Å². The van der Waals surface area contributed by atoms with Crippen LogP contribution in [-0.2, 0) is 4.79 Å². The number of nitrogens with one attached hydrogen (secondary N) is 2. The van der Waals surface area contributed by atoms with Gasteiger partial charge in [0, 0.05) is 17.9 Å². The summed E-state index contributed by atoms with van der Waals surface area (Å²) in [5.41, 5.74) is 1.25. The molecule has 6 nitrogen and oxygen atoms in total. The highest BCUT2D eigenvalue weighted by atomic mass is 32.1. The third-order valence-corrected chi connectivity index (χ3v) is 4.07. The molecule has 0 saturated heterocycles. The summed E-state index contributed by atoms with van der Waals surface area (Å²) in [5.74, 6) is 0.526. The molecule has 9 heteroatoms. The Balaban J connectivity index is 1.90. The van der Waals surface area contributed by atoms with Crippen LogP contribution in [0.5, 0.6) is 11.5 Å². The summed E-state index contributed by atoms with van der Waals surface area (Å²) in [6.07, 6.45) is 0. The summed E-state index contributed by atoms with van der Waals surface area (Å²) < 4.78 is 33.8. The van der Waals surface area contributed by atoms with Crippen molar-refractivity contribution in [2.24, 2.45) is 0 Å². The van der Waals surface area contributed by atoms with Crippen molar-refractivity contribution in [2.75, 3.05) is 30.8 Å². The minimum atomic E-state index is -2.88. The lowest BCUT2D eigenvalue weighted by atomic mass is 10.3. The monoisotopic (exact) mass is 409 g/mol. The first-order valence-electron chi connectivity index (χ1n) is 8.46. The summed E-state index contributed by atoms with van der Waals surface area (Å²) in [4.78, 5) is 14.0. The third kappa shape index (κ3) is 6.66. The van der Waals surface area contributed by atoms with Gasteiger partial charge >= 0.3 is 6.61 Å². The number of halogens is 2. The van der Waals surface area contributed by atoms with Crippen molar-refractivity contribution >= 4 is 34.6 Å². The van der Waals surface area contributed by atoms with Crippen LogP contribution in [0, 0.1) is 0 Å². The van der Waals surface area contributed by atoms with Gasteiger partial charge in [0.1, 0.15) is 11.5 Å². The van der Waals surface area contributed by atoms with Crippen LogP contribution in [0.25, 0.3) is 0 Å². The molecule has 0 saturated carbocycles.